The highest BCUT2D eigenvalue weighted by Crippen LogP contribution is 2.43. The maximum absolute atomic E-state index is 12.6. The minimum Gasteiger partial charge on any atom is -0.507 e. The van der Waals surface area contributed by atoms with Gasteiger partial charge in [-0.15, -0.1) is 0 Å². The highest BCUT2D eigenvalue weighted by atomic mass is 16.7. The molecule has 0 aliphatic carbocycles. The molecule has 0 aliphatic heterocycles. The lowest BCUT2D eigenvalue weighted by atomic mass is 9.92. The van der Waals surface area contributed by atoms with Crippen molar-refractivity contribution >= 4 is 85.3 Å². The van der Waals surface area contributed by atoms with Crippen molar-refractivity contribution in [3.63, 3.8) is 0 Å². The summed E-state index contributed by atoms with van der Waals surface area (Å²) < 4.78 is 0. The summed E-state index contributed by atoms with van der Waals surface area (Å²) in [4.78, 5) is 77.0. The van der Waals surface area contributed by atoms with Crippen LogP contribution in [0.2, 0.25) is 0 Å². The van der Waals surface area contributed by atoms with Gasteiger partial charge in [-0.3, -0.25) is 70.8 Å². The van der Waals surface area contributed by atoms with Gasteiger partial charge < -0.3 is 20.4 Å². The van der Waals surface area contributed by atoms with E-state index in [1.165, 1.54) is 66.7 Å². The van der Waals surface area contributed by atoms with Gasteiger partial charge in [0.2, 0.25) is 0 Å². The van der Waals surface area contributed by atoms with Crippen LogP contribution < -0.4 is 0 Å². The number of nitrogens with zero attached hydrogens (tertiary/aromatic N) is 15. The molecule has 99 heavy (non-hydrogen) atoms. The van der Waals surface area contributed by atoms with Crippen molar-refractivity contribution in [2.45, 2.75) is 117 Å². The van der Waals surface area contributed by atoms with Crippen LogP contribution in [0.15, 0.2) is 168 Å². The molecule has 33 nitrogen and oxygen atoms in total. The van der Waals surface area contributed by atoms with E-state index < -0.39 is 86.5 Å². The Morgan fingerprint density at radius 2 is 0.475 bits per heavy atom. The number of aryl methyl sites for hydroxylation is 2. The molecule has 0 fully saturated rings. The summed E-state index contributed by atoms with van der Waals surface area (Å²) in [6.07, 6.45) is 9.02. The first-order valence-corrected chi connectivity index (χ1v) is 31.0. The third kappa shape index (κ3) is 19.9. The van der Waals surface area contributed by atoms with Crippen molar-refractivity contribution in [2.75, 3.05) is 0 Å². The van der Waals surface area contributed by atoms with Gasteiger partial charge in [-0.2, -0.15) is 40.9 Å². The fraction of sp³-hybridized carbons (Fsp3) is 0.273. The summed E-state index contributed by atoms with van der Waals surface area (Å²) in [5.74, 6) is -1.40. The van der Waals surface area contributed by atoms with Gasteiger partial charge in [0.15, 0.2) is 0 Å². The summed E-state index contributed by atoms with van der Waals surface area (Å²) in [5.41, 5.74) is -4.07. The van der Waals surface area contributed by atoms with Crippen LogP contribution in [-0.4, -0.2) is 54.9 Å². The molecule has 0 heterocycles. The van der Waals surface area contributed by atoms with Crippen LogP contribution in [0.3, 0.4) is 0 Å². The predicted molar refractivity (Wildman–Crippen MR) is 359 cm³/mol. The predicted octanol–water partition coefficient (Wildman–Crippen LogP) is 19.7. The van der Waals surface area contributed by atoms with Crippen molar-refractivity contribution in [1.29, 1.82) is 0 Å². The number of unbranched alkanes of at least 4 members (excludes halogenated alkanes) is 9. The van der Waals surface area contributed by atoms with Crippen LogP contribution in [0, 0.1) is 70.8 Å². The minimum atomic E-state index is -0.875. The molecule has 0 spiro atoms. The van der Waals surface area contributed by atoms with Crippen molar-refractivity contribution in [3.05, 3.63) is 243 Å². The van der Waals surface area contributed by atoms with Gasteiger partial charge in [0.25, 0.3) is 39.8 Å². The maximum Gasteiger partial charge on any atom is 0.278 e. The molecule has 0 saturated carbocycles. The van der Waals surface area contributed by atoms with Gasteiger partial charge in [0.05, 0.1) is 98.2 Å². The molecule has 0 aromatic heterocycles. The zero-order valence-corrected chi connectivity index (χ0v) is 53.2. The molecule has 0 amide bonds. The number of phenols is 4. The highest BCUT2D eigenvalue weighted by Gasteiger charge is 2.24. The molecular formula is C66H63N15O18. The average molecular weight is 1350 g/mol. The van der Waals surface area contributed by atoms with Gasteiger partial charge in [0.1, 0.15) is 23.0 Å². The largest absolute Gasteiger partial charge is 0.507 e. The fourth-order valence-corrected chi connectivity index (χ4v) is 10.7. The van der Waals surface area contributed by atoms with Crippen molar-refractivity contribution in [2.24, 2.45) is 40.9 Å². The number of nitro benzene ring substituents is 7. The second-order valence-electron chi connectivity index (χ2n) is 22.9. The summed E-state index contributed by atoms with van der Waals surface area (Å²) in [6, 6.07) is 24.5. The Bertz CT molecular complexity index is 4480. The minimum absolute atomic E-state index is 0.0132. The Hall–Kier alpha value is -12.8. The molecule has 33 heteroatoms. The van der Waals surface area contributed by atoms with Crippen LogP contribution in [0.25, 0.3) is 0 Å². The lowest BCUT2D eigenvalue weighted by molar-refractivity contribution is -0.394. The molecule has 510 valence electrons. The number of nitro groups is 7. The van der Waals surface area contributed by atoms with E-state index in [2.05, 4.69) is 47.8 Å². The van der Waals surface area contributed by atoms with Gasteiger partial charge in [-0.1, -0.05) is 77.7 Å². The molecule has 8 aromatic carbocycles. The SMILES string of the molecule is CCCCCCCCc1cc(N=Nc2cccc([N+](=O)[O-])c2)cc(Cc2cc(N=Nc3cc([N+](=O)[O-])cc([N+](=O)[O-])c3)cc(Cc3cc(N=Nc4cc([N+](=O)[O-])cc([N+](=O)[O-])c4)cc(Cc4cc(N=Nc5cc([N+](=O)[O-])cc([N+](=O)[O-])c5)cc(CCCCCCC)c4O)c3O)c2O)c1O. The number of non-ortho nitro benzene ring substituents is 7. The third-order valence-corrected chi connectivity index (χ3v) is 15.6. The van der Waals surface area contributed by atoms with E-state index in [0.29, 0.717) is 36.5 Å². The van der Waals surface area contributed by atoms with Crippen LogP contribution in [0.5, 0.6) is 23.0 Å². The van der Waals surface area contributed by atoms with E-state index in [0.717, 1.165) is 106 Å². The molecule has 0 unspecified atom stereocenters. The summed E-state index contributed by atoms with van der Waals surface area (Å²) >= 11 is 0. The Morgan fingerprint density at radius 3 is 0.737 bits per heavy atom. The van der Waals surface area contributed by atoms with Gasteiger partial charge >= 0.3 is 0 Å². The first-order valence-electron chi connectivity index (χ1n) is 31.0. The number of hydrogen-bond donors (Lipinski definition) is 4. The number of benzene rings is 8. The van der Waals surface area contributed by atoms with E-state index >= 15 is 0 Å². The van der Waals surface area contributed by atoms with Crippen molar-refractivity contribution in [3.8, 4) is 23.0 Å². The molecule has 8 rings (SSSR count). The van der Waals surface area contributed by atoms with Crippen molar-refractivity contribution < 1.29 is 54.9 Å². The van der Waals surface area contributed by atoms with Crippen LogP contribution >= 0.6 is 0 Å². The molecule has 4 N–H and O–H groups in total. The van der Waals surface area contributed by atoms with Gasteiger partial charge in [0, 0.05) is 101 Å². The zero-order chi connectivity index (χ0) is 71.4. The average Bonchev–Trinajstić information content (AvgIpc) is 0.792. The quantitative estimate of drug-likeness (QED) is 0.0126. The molecule has 0 bridgehead atoms. The summed E-state index contributed by atoms with van der Waals surface area (Å²) in [7, 11) is 0. The van der Waals surface area contributed by atoms with Gasteiger partial charge in [-0.05, 0) is 91.4 Å². The van der Waals surface area contributed by atoms with E-state index in [4.69, 9.17) is 0 Å². The first-order chi connectivity index (χ1) is 47.4. The summed E-state index contributed by atoms with van der Waals surface area (Å²) in [6.45, 7) is 4.13. The molecule has 0 atom stereocenters. The number of hydrogen-bond acceptors (Lipinski definition) is 26. The molecule has 0 aliphatic rings. The molecule has 0 radical (unpaired) electrons. The standard InChI is InChI=1S/C66H63N15O18/c1-3-5-7-9-11-13-16-41-22-49(68-67-48-17-14-18-56(30-48)75(86)87)24-42(64(41)83)19-44-26-51(70-73-54-33-59(78(92)93)38-60(34-54)79(94)95)28-46(65(44)84)21-47-29-52(71-74-55-35-61(80(96)97)39-62(36-55)81(98)99)27-45(66(47)85)20-43-25-50(23-40(63(43)82)15-12-10-8-6-4-2)69-72-53-31-57(76(88)89)37-58(32-53)77(90)91/h14,17-18,22-39,82-85H,3-13,15-16,19-21H2,1-2H3. The first kappa shape index (κ1) is 72.0. The monoisotopic (exact) mass is 1350 g/mol. The van der Waals surface area contributed by atoms with E-state index in [1.807, 2.05) is 6.92 Å². The second-order valence-corrected chi connectivity index (χ2v) is 22.9. The smallest absolute Gasteiger partial charge is 0.278 e. The van der Waals surface area contributed by atoms with Crippen molar-refractivity contribution in [1.82, 2.24) is 0 Å². The van der Waals surface area contributed by atoms with E-state index in [1.54, 1.807) is 6.07 Å². The van der Waals surface area contributed by atoms with Crippen LogP contribution in [0.1, 0.15) is 129 Å². The van der Waals surface area contributed by atoms with Crippen LogP contribution in [-0.2, 0) is 32.1 Å². The lowest BCUT2D eigenvalue weighted by Crippen LogP contribution is -1.99. The third-order valence-electron chi connectivity index (χ3n) is 15.6. The molecule has 8 aromatic rings. The molecular weight excluding hydrogens is 1290 g/mol. The Balaban J connectivity index is 1.31. The van der Waals surface area contributed by atoms with Gasteiger partial charge in [-0.25, -0.2) is 0 Å². The zero-order valence-electron chi connectivity index (χ0n) is 53.2. The van der Waals surface area contributed by atoms with E-state index in [-0.39, 0.29) is 115 Å². The van der Waals surface area contributed by atoms with E-state index in [9.17, 15) is 91.2 Å². The molecule has 0 saturated heterocycles. The second kappa shape index (κ2) is 33.5. The normalized spacial score (nSPS) is 11.5. The Kier molecular flexibility index (Phi) is 24.4. The number of rotatable bonds is 34. The highest BCUT2D eigenvalue weighted by molar-refractivity contribution is 5.64. The lowest BCUT2D eigenvalue weighted by Gasteiger charge is -2.17. The maximum atomic E-state index is 12.6. The number of phenolic OH excluding ortho intramolecular Hbond substituents is 4. The summed E-state index contributed by atoms with van der Waals surface area (Å²) in [5, 5.41) is 166. The topological polar surface area (TPSA) is 482 Å². The fourth-order valence-electron chi connectivity index (χ4n) is 10.7. The Labute approximate surface area is 561 Å². The number of aromatic hydroxyl groups is 4. The Morgan fingerprint density at radius 1 is 0.263 bits per heavy atom. The van der Waals surface area contributed by atoms with Crippen LogP contribution in [0.4, 0.5) is 85.3 Å². The number of azo groups is 4.